The van der Waals surface area contributed by atoms with Crippen molar-refractivity contribution in [3.05, 3.63) is 59.5 Å². The normalized spacial score (nSPS) is 18.1. The number of aliphatic hydroxyl groups is 1. The molecule has 0 bridgehead atoms. The molecule has 0 radical (unpaired) electrons. The third-order valence-corrected chi connectivity index (χ3v) is 7.11. The van der Waals surface area contributed by atoms with Gasteiger partial charge in [0.25, 0.3) is 0 Å². The summed E-state index contributed by atoms with van der Waals surface area (Å²) in [5, 5.41) is 14.1. The van der Waals surface area contributed by atoms with Crippen LogP contribution < -0.4 is 10.2 Å². The summed E-state index contributed by atoms with van der Waals surface area (Å²) in [7, 11) is 0. The van der Waals surface area contributed by atoms with Crippen molar-refractivity contribution >= 4 is 28.3 Å². The summed E-state index contributed by atoms with van der Waals surface area (Å²) in [4.78, 5) is 36.7. The molecular formula is C29H38N4O3. The molecule has 2 aromatic heterocycles. The highest BCUT2D eigenvalue weighted by Gasteiger charge is 2.34. The van der Waals surface area contributed by atoms with Gasteiger partial charge in [0.1, 0.15) is 6.04 Å². The number of aryl methyl sites for hydroxylation is 1. The number of nitrogens with zero attached hydrogens (tertiary/aromatic N) is 2. The standard InChI is InChI=1S/C29H38N4O3/c1-4-5-8-15-33-24-12-11-23(25(35)13-10-21-9-6-7-14-30-21)27-26(24)20(17-31-27)16-22(18-34)32-29(36)28(33)19(2)3/h6-7,9,11-12,14,17,19,22,28,31,34H,4-5,8,10,13,15-16,18H2,1-3H3,(H,32,36)/t22-,28-/m0/s1. The maximum atomic E-state index is 13.4. The third-order valence-electron chi connectivity index (χ3n) is 7.11. The van der Waals surface area contributed by atoms with Gasteiger partial charge in [-0.25, -0.2) is 0 Å². The second-order valence-corrected chi connectivity index (χ2v) is 10.1. The van der Waals surface area contributed by atoms with Crippen LogP contribution in [0.15, 0.2) is 42.7 Å². The van der Waals surface area contributed by atoms with Crippen molar-refractivity contribution in [1.29, 1.82) is 0 Å². The average molecular weight is 491 g/mol. The van der Waals surface area contributed by atoms with E-state index in [1.54, 1.807) is 6.20 Å². The molecule has 2 atom stereocenters. The monoisotopic (exact) mass is 490 g/mol. The van der Waals surface area contributed by atoms with Crippen LogP contribution in [0, 0.1) is 5.92 Å². The minimum Gasteiger partial charge on any atom is -0.394 e. The number of rotatable bonds is 10. The zero-order chi connectivity index (χ0) is 25.7. The highest BCUT2D eigenvalue weighted by atomic mass is 16.3. The largest absolute Gasteiger partial charge is 0.394 e. The van der Waals surface area contributed by atoms with Crippen LogP contribution in [0.5, 0.6) is 0 Å². The Labute approximate surface area is 213 Å². The first kappa shape index (κ1) is 25.9. The Morgan fingerprint density at radius 2 is 2.06 bits per heavy atom. The first-order valence-electron chi connectivity index (χ1n) is 13.2. The topological polar surface area (TPSA) is 98.3 Å². The number of hydrogen-bond acceptors (Lipinski definition) is 5. The number of Topliss-reactive ketones (excluding diaryl/α,β-unsaturated/α-hetero) is 1. The molecule has 7 heteroatoms. The lowest BCUT2D eigenvalue weighted by atomic mass is 9.96. The van der Waals surface area contributed by atoms with E-state index >= 15 is 0 Å². The SMILES string of the molecule is CCCCCN1c2ccc(C(=O)CCc3ccccn3)c3[nH]cc(c23)C[C@@H](CO)NC(=O)[C@@H]1C(C)C. The zero-order valence-corrected chi connectivity index (χ0v) is 21.6. The van der Waals surface area contributed by atoms with Crippen molar-refractivity contribution in [1.82, 2.24) is 15.3 Å². The number of anilines is 1. The minimum absolute atomic E-state index is 0.0571. The summed E-state index contributed by atoms with van der Waals surface area (Å²) in [6.45, 7) is 6.91. The van der Waals surface area contributed by atoms with Gasteiger partial charge in [-0.15, -0.1) is 0 Å². The smallest absolute Gasteiger partial charge is 0.243 e. The lowest BCUT2D eigenvalue weighted by Gasteiger charge is -2.36. The van der Waals surface area contributed by atoms with Crippen LogP contribution in [-0.4, -0.2) is 52.0 Å². The van der Waals surface area contributed by atoms with Crippen molar-refractivity contribution in [3.63, 3.8) is 0 Å². The number of nitrogens with one attached hydrogen (secondary N) is 2. The van der Waals surface area contributed by atoms with Crippen molar-refractivity contribution in [2.24, 2.45) is 5.92 Å². The molecule has 1 amide bonds. The summed E-state index contributed by atoms with van der Waals surface area (Å²) in [5.74, 6) is 0.0749. The van der Waals surface area contributed by atoms with Gasteiger partial charge < -0.3 is 20.3 Å². The first-order valence-corrected chi connectivity index (χ1v) is 13.2. The fourth-order valence-electron chi connectivity index (χ4n) is 5.31. The van der Waals surface area contributed by atoms with Gasteiger partial charge in [0.05, 0.1) is 18.2 Å². The maximum absolute atomic E-state index is 13.4. The molecule has 4 rings (SSSR count). The minimum atomic E-state index is -0.385. The van der Waals surface area contributed by atoms with Crippen LogP contribution in [0.4, 0.5) is 5.69 Å². The van der Waals surface area contributed by atoms with E-state index in [2.05, 4.69) is 41.0 Å². The van der Waals surface area contributed by atoms with Crippen LogP contribution in [-0.2, 0) is 17.6 Å². The molecule has 3 N–H and O–H groups in total. The molecule has 36 heavy (non-hydrogen) atoms. The Kier molecular flexibility index (Phi) is 8.41. The number of hydrogen-bond donors (Lipinski definition) is 3. The number of unbranched alkanes of at least 4 members (excludes halogenated alkanes) is 2. The number of aliphatic hydroxyl groups excluding tert-OH is 1. The molecule has 0 saturated heterocycles. The summed E-state index contributed by atoms with van der Waals surface area (Å²) in [6, 6.07) is 8.91. The fourth-order valence-corrected chi connectivity index (χ4v) is 5.31. The molecular weight excluding hydrogens is 452 g/mol. The highest BCUT2D eigenvalue weighted by molar-refractivity contribution is 6.11. The molecule has 192 valence electrons. The van der Waals surface area contributed by atoms with Crippen LogP contribution in [0.25, 0.3) is 10.9 Å². The molecule has 1 aliphatic rings. The van der Waals surface area contributed by atoms with E-state index in [0.29, 0.717) is 24.8 Å². The van der Waals surface area contributed by atoms with E-state index in [0.717, 1.165) is 53.7 Å². The maximum Gasteiger partial charge on any atom is 0.243 e. The van der Waals surface area contributed by atoms with Gasteiger partial charge in [-0.05, 0) is 55.0 Å². The van der Waals surface area contributed by atoms with Crippen LogP contribution >= 0.6 is 0 Å². The van der Waals surface area contributed by atoms with Crippen LogP contribution in [0.2, 0.25) is 0 Å². The zero-order valence-electron chi connectivity index (χ0n) is 21.6. The van der Waals surface area contributed by atoms with Gasteiger partial charge >= 0.3 is 0 Å². The Morgan fingerprint density at radius 3 is 2.75 bits per heavy atom. The fraction of sp³-hybridized carbons (Fsp3) is 0.483. The van der Waals surface area contributed by atoms with E-state index < -0.39 is 0 Å². The van der Waals surface area contributed by atoms with E-state index in [1.807, 2.05) is 36.5 Å². The Hall–Kier alpha value is -3.19. The molecule has 0 fully saturated rings. The van der Waals surface area contributed by atoms with E-state index in [-0.39, 0.29) is 36.3 Å². The summed E-state index contributed by atoms with van der Waals surface area (Å²) >= 11 is 0. The number of carbonyl (C=O) groups excluding carboxylic acids is 2. The Balaban J connectivity index is 1.78. The van der Waals surface area contributed by atoms with Gasteiger partial charge in [-0.3, -0.25) is 14.6 Å². The third kappa shape index (κ3) is 5.46. The van der Waals surface area contributed by atoms with Gasteiger partial charge in [0.2, 0.25) is 5.91 Å². The van der Waals surface area contributed by atoms with Gasteiger partial charge in [0, 0.05) is 47.7 Å². The average Bonchev–Trinajstić information content (AvgIpc) is 3.31. The van der Waals surface area contributed by atoms with Gasteiger partial charge in [0.15, 0.2) is 5.78 Å². The molecule has 7 nitrogen and oxygen atoms in total. The molecule has 1 aromatic carbocycles. The van der Waals surface area contributed by atoms with Crippen LogP contribution in [0.3, 0.4) is 0 Å². The number of carbonyl (C=O) groups is 2. The predicted molar refractivity (Wildman–Crippen MR) is 143 cm³/mol. The van der Waals surface area contributed by atoms with Crippen molar-refractivity contribution < 1.29 is 14.7 Å². The highest BCUT2D eigenvalue weighted by Crippen LogP contribution is 2.36. The number of amides is 1. The Bertz CT molecular complexity index is 1190. The number of aromatic amines is 1. The van der Waals surface area contributed by atoms with Crippen LogP contribution in [0.1, 0.15) is 68.1 Å². The molecule has 1 aliphatic heterocycles. The lowest BCUT2D eigenvalue weighted by Crippen LogP contribution is -2.53. The van der Waals surface area contributed by atoms with Crippen molar-refractivity contribution in [2.75, 3.05) is 18.1 Å². The quantitative estimate of drug-likeness (QED) is 0.288. The summed E-state index contributed by atoms with van der Waals surface area (Å²) < 4.78 is 0. The van der Waals surface area contributed by atoms with Gasteiger partial charge in [-0.2, -0.15) is 0 Å². The molecule has 0 unspecified atom stereocenters. The van der Waals surface area contributed by atoms with E-state index in [9.17, 15) is 14.7 Å². The molecule has 3 aromatic rings. The number of pyridine rings is 1. The lowest BCUT2D eigenvalue weighted by molar-refractivity contribution is -0.124. The molecule has 0 spiro atoms. The first-order chi connectivity index (χ1) is 17.4. The van der Waals surface area contributed by atoms with E-state index in [1.165, 1.54) is 0 Å². The Morgan fingerprint density at radius 1 is 1.22 bits per heavy atom. The number of benzene rings is 1. The predicted octanol–water partition coefficient (Wildman–Crippen LogP) is 4.43. The second kappa shape index (κ2) is 11.7. The summed E-state index contributed by atoms with van der Waals surface area (Å²) in [5.41, 5.74) is 4.34. The number of aromatic nitrogens is 2. The summed E-state index contributed by atoms with van der Waals surface area (Å²) in [6.07, 6.45) is 8.27. The molecule has 0 saturated carbocycles. The van der Waals surface area contributed by atoms with E-state index in [4.69, 9.17) is 0 Å². The number of ketones is 1. The molecule has 0 aliphatic carbocycles. The number of H-pyrrole nitrogens is 1. The second-order valence-electron chi connectivity index (χ2n) is 10.1. The van der Waals surface area contributed by atoms with Gasteiger partial charge in [-0.1, -0.05) is 39.7 Å². The molecule has 3 heterocycles. The van der Waals surface area contributed by atoms with Crippen molar-refractivity contribution in [2.45, 2.75) is 71.4 Å². The van der Waals surface area contributed by atoms with Crippen molar-refractivity contribution in [3.8, 4) is 0 Å².